The van der Waals surface area contributed by atoms with Crippen molar-refractivity contribution in [3.8, 4) is 5.75 Å². The molecule has 1 heterocycles. The lowest BCUT2D eigenvalue weighted by Gasteiger charge is -2.25. The van der Waals surface area contributed by atoms with Gasteiger partial charge in [-0.05, 0) is 51.7 Å². The Kier molecular flexibility index (Phi) is 7.43. The minimum absolute atomic E-state index is 0.0141. The summed E-state index contributed by atoms with van der Waals surface area (Å²) in [4.78, 5) is 19.2. The number of likely N-dealkylation sites (N-methyl/N-ethyl adjacent to an activating group) is 2. The third-order valence-electron chi connectivity index (χ3n) is 5.23. The third-order valence-corrected chi connectivity index (χ3v) is 5.23. The number of amides is 1. The fourth-order valence-electron chi connectivity index (χ4n) is 3.52. The number of methoxy groups -OCH3 is 1. The highest BCUT2D eigenvalue weighted by Gasteiger charge is 2.35. The van der Waals surface area contributed by atoms with Gasteiger partial charge >= 0.3 is 0 Å². The summed E-state index contributed by atoms with van der Waals surface area (Å²) in [5.74, 6) is 1.17. The Bertz CT molecular complexity index is 606. The number of hydrogen-bond donors (Lipinski definition) is 1. The summed E-state index contributed by atoms with van der Waals surface area (Å²) in [5, 5.41) is 9.77. The van der Waals surface area contributed by atoms with E-state index in [1.807, 2.05) is 30.0 Å². The van der Waals surface area contributed by atoms with Crippen LogP contribution in [-0.2, 0) is 0 Å². The van der Waals surface area contributed by atoms with Crippen molar-refractivity contribution in [2.75, 3.05) is 67.6 Å². The lowest BCUT2D eigenvalue weighted by atomic mass is 9.96. The largest absolute Gasteiger partial charge is 0.496 e. The first-order valence-electron chi connectivity index (χ1n) is 9.23. The SMILES string of the molecule is COc1cc(C(=O)N2CC(CO)C(CN(C)CCN(C)C)C2)ccc1C. The van der Waals surface area contributed by atoms with Crippen molar-refractivity contribution in [2.24, 2.45) is 11.8 Å². The Hall–Kier alpha value is -1.63. The number of carbonyl (C=O) groups excluding carboxylic acids is 1. The molecule has 1 aromatic rings. The maximum atomic E-state index is 12.9. The highest BCUT2D eigenvalue weighted by molar-refractivity contribution is 5.95. The Morgan fingerprint density at radius 1 is 1.23 bits per heavy atom. The van der Waals surface area contributed by atoms with Gasteiger partial charge in [0.2, 0.25) is 0 Å². The summed E-state index contributed by atoms with van der Waals surface area (Å²) in [6, 6.07) is 5.57. The van der Waals surface area contributed by atoms with E-state index in [-0.39, 0.29) is 18.4 Å². The van der Waals surface area contributed by atoms with Crippen LogP contribution in [0, 0.1) is 18.8 Å². The molecule has 1 fully saturated rings. The molecule has 1 N–H and O–H groups in total. The van der Waals surface area contributed by atoms with Crippen molar-refractivity contribution in [2.45, 2.75) is 6.92 Å². The number of benzene rings is 1. The number of carbonyl (C=O) groups is 1. The third kappa shape index (κ3) is 5.19. The second-order valence-corrected chi connectivity index (χ2v) is 7.66. The molecule has 146 valence electrons. The molecule has 2 unspecified atom stereocenters. The first kappa shape index (κ1) is 20.7. The van der Waals surface area contributed by atoms with E-state index in [1.165, 1.54) is 0 Å². The zero-order valence-electron chi connectivity index (χ0n) is 16.7. The zero-order chi connectivity index (χ0) is 19.3. The number of hydrogen-bond acceptors (Lipinski definition) is 5. The number of ether oxygens (including phenoxy) is 1. The molecule has 6 nitrogen and oxygen atoms in total. The topological polar surface area (TPSA) is 56.2 Å². The summed E-state index contributed by atoms with van der Waals surface area (Å²) >= 11 is 0. The number of nitrogens with zero attached hydrogens (tertiary/aromatic N) is 3. The van der Waals surface area contributed by atoms with Gasteiger partial charge in [0.25, 0.3) is 5.91 Å². The molecule has 2 rings (SSSR count). The van der Waals surface area contributed by atoms with Gasteiger partial charge in [-0.25, -0.2) is 0 Å². The van der Waals surface area contributed by atoms with Gasteiger partial charge in [0.15, 0.2) is 0 Å². The number of aliphatic hydroxyl groups is 1. The quantitative estimate of drug-likeness (QED) is 0.752. The van der Waals surface area contributed by atoms with Crippen molar-refractivity contribution in [3.63, 3.8) is 0 Å². The average Bonchev–Trinajstić information content (AvgIpc) is 3.02. The van der Waals surface area contributed by atoms with E-state index in [2.05, 4.69) is 30.9 Å². The highest BCUT2D eigenvalue weighted by Crippen LogP contribution is 2.27. The van der Waals surface area contributed by atoms with Crippen LogP contribution in [0.15, 0.2) is 18.2 Å². The average molecular weight is 364 g/mol. The second kappa shape index (κ2) is 9.35. The van der Waals surface area contributed by atoms with Crippen LogP contribution in [0.3, 0.4) is 0 Å². The number of likely N-dealkylation sites (tertiary alicyclic amines) is 1. The summed E-state index contributed by atoms with van der Waals surface area (Å²) in [6.45, 7) is 6.24. The Morgan fingerprint density at radius 3 is 2.54 bits per heavy atom. The smallest absolute Gasteiger partial charge is 0.254 e. The van der Waals surface area contributed by atoms with E-state index >= 15 is 0 Å². The predicted molar refractivity (Wildman–Crippen MR) is 104 cm³/mol. The summed E-state index contributed by atoms with van der Waals surface area (Å²) in [5.41, 5.74) is 1.66. The molecule has 0 aromatic heterocycles. The maximum absolute atomic E-state index is 12.9. The van der Waals surface area contributed by atoms with Gasteiger partial charge in [0, 0.05) is 50.8 Å². The van der Waals surface area contributed by atoms with E-state index in [1.54, 1.807) is 7.11 Å². The van der Waals surface area contributed by atoms with E-state index in [0.717, 1.165) is 30.9 Å². The summed E-state index contributed by atoms with van der Waals surface area (Å²) in [7, 11) is 7.85. The summed E-state index contributed by atoms with van der Waals surface area (Å²) < 4.78 is 5.34. The van der Waals surface area contributed by atoms with Gasteiger partial charge in [-0.1, -0.05) is 6.07 Å². The standard InChI is InChI=1S/C20H33N3O3/c1-15-6-7-16(10-19(15)26-5)20(25)23-12-17(18(13-23)14-24)11-22(4)9-8-21(2)3/h6-7,10,17-18,24H,8-9,11-14H2,1-5H3. The Balaban J connectivity index is 2.02. The first-order valence-corrected chi connectivity index (χ1v) is 9.23. The molecule has 1 aliphatic rings. The van der Waals surface area contributed by atoms with Crippen LogP contribution in [0.2, 0.25) is 0 Å². The molecule has 1 saturated heterocycles. The normalized spacial score (nSPS) is 20.2. The zero-order valence-corrected chi connectivity index (χ0v) is 16.7. The molecule has 6 heteroatoms. The van der Waals surface area contributed by atoms with Crippen molar-refractivity contribution in [3.05, 3.63) is 29.3 Å². The number of aliphatic hydroxyl groups excluding tert-OH is 1. The van der Waals surface area contributed by atoms with Crippen LogP contribution < -0.4 is 4.74 Å². The Labute approximate surface area is 157 Å². The lowest BCUT2D eigenvalue weighted by Crippen LogP contribution is -2.35. The molecule has 26 heavy (non-hydrogen) atoms. The van der Waals surface area contributed by atoms with Gasteiger partial charge in [-0.2, -0.15) is 0 Å². The van der Waals surface area contributed by atoms with Crippen LogP contribution in [0.1, 0.15) is 15.9 Å². The molecular weight excluding hydrogens is 330 g/mol. The van der Waals surface area contributed by atoms with Crippen molar-refractivity contribution in [1.82, 2.24) is 14.7 Å². The van der Waals surface area contributed by atoms with Crippen LogP contribution in [0.5, 0.6) is 5.75 Å². The van der Waals surface area contributed by atoms with E-state index < -0.39 is 0 Å². The molecule has 1 aliphatic heterocycles. The van der Waals surface area contributed by atoms with Gasteiger partial charge in [0.05, 0.1) is 7.11 Å². The van der Waals surface area contributed by atoms with Crippen LogP contribution in [0.4, 0.5) is 0 Å². The minimum Gasteiger partial charge on any atom is -0.496 e. The van der Waals surface area contributed by atoms with E-state index in [4.69, 9.17) is 4.74 Å². The van der Waals surface area contributed by atoms with E-state index in [0.29, 0.717) is 24.6 Å². The molecule has 0 saturated carbocycles. The second-order valence-electron chi connectivity index (χ2n) is 7.66. The first-order chi connectivity index (χ1) is 12.3. The lowest BCUT2D eigenvalue weighted by molar-refractivity contribution is 0.0779. The van der Waals surface area contributed by atoms with Gasteiger partial charge in [-0.15, -0.1) is 0 Å². The monoisotopic (exact) mass is 363 g/mol. The number of aryl methyl sites for hydroxylation is 1. The highest BCUT2D eigenvalue weighted by atomic mass is 16.5. The molecule has 0 spiro atoms. The fraction of sp³-hybridized carbons (Fsp3) is 0.650. The van der Waals surface area contributed by atoms with Crippen LogP contribution in [0.25, 0.3) is 0 Å². The molecule has 0 aliphatic carbocycles. The van der Waals surface area contributed by atoms with Crippen molar-refractivity contribution < 1.29 is 14.6 Å². The molecule has 0 radical (unpaired) electrons. The van der Waals surface area contributed by atoms with Gasteiger partial charge < -0.3 is 24.5 Å². The Morgan fingerprint density at radius 2 is 1.92 bits per heavy atom. The minimum atomic E-state index is 0.0141. The fourth-order valence-corrected chi connectivity index (χ4v) is 3.52. The molecule has 2 atom stereocenters. The van der Waals surface area contributed by atoms with E-state index in [9.17, 15) is 9.90 Å². The summed E-state index contributed by atoms with van der Waals surface area (Å²) in [6.07, 6.45) is 0. The molecule has 1 amide bonds. The predicted octanol–water partition coefficient (Wildman–Crippen LogP) is 1.18. The molecule has 1 aromatic carbocycles. The van der Waals surface area contributed by atoms with Gasteiger partial charge in [-0.3, -0.25) is 4.79 Å². The van der Waals surface area contributed by atoms with Crippen molar-refractivity contribution >= 4 is 5.91 Å². The van der Waals surface area contributed by atoms with Crippen molar-refractivity contribution in [1.29, 1.82) is 0 Å². The van der Waals surface area contributed by atoms with Crippen LogP contribution in [-0.4, -0.2) is 93.3 Å². The maximum Gasteiger partial charge on any atom is 0.254 e. The molecule has 0 bridgehead atoms. The van der Waals surface area contributed by atoms with Gasteiger partial charge in [0.1, 0.15) is 5.75 Å². The molecular formula is C20H33N3O3. The number of rotatable bonds is 8. The van der Waals surface area contributed by atoms with Crippen LogP contribution >= 0.6 is 0 Å².